The summed E-state index contributed by atoms with van der Waals surface area (Å²) in [5.41, 5.74) is 1.63. The molecule has 104 valence electrons. The highest BCUT2D eigenvalue weighted by Gasteiger charge is 2.16. The number of azo groups is 1. The monoisotopic (exact) mass is 277 g/mol. The topological polar surface area (TPSA) is 57.8 Å². The van der Waals surface area contributed by atoms with E-state index < -0.39 is 0 Å². The average molecular weight is 277 g/mol. The molecule has 0 aliphatic heterocycles. The molecule has 2 bridgehead atoms. The van der Waals surface area contributed by atoms with Crippen molar-refractivity contribution < 1.29 is 5.11 Å². The van der Waals surface area contributed by atoms with Crippen LogP contribution in [0.2, 0.25) is 0 Å². The number of pyridine rings is 1. The fraction of sp³-hybridized carbons (Fsp3) is 0.118. The van der Waals surface area contributed by atoms with E-state index in [-0.39, 0.29) is 11.7 Å². The van der Waals surface area contributed by atoms with Gasteiger partial charge in [-0.1, -0.05) is 42.5 Å². The van der Waals surface area contributed by atoms with Crippen molar-refractivity contribution in [2.24, 2.45) is 16.1 Å². The second kappa shape index (κ2) is 6.13. The van der Waals surface area contributed by atoms with E-state index in [1.165, 1.54) is 0 Å². The molecule has 0 aromatic carbocycles. The molecule has 0 radical (unpaired) electrons. The van der Waals surface area contributed by atoms with Crippen molar-refractivity contribution in [2.75, 3.05) is 0 Å². The third kappa shape index (κ3) is 3.23. The lowest BCUT2D eigenvalue weighted by atomic mass is 9.94. The molecule has 3 rings (SSSR count). The van der Waals surface area contributed by atoms with Crippen molar-refractivity contribution in [3.63, 3.8) is 0 Å². The fourth-order valence-corrected chi connectivity index (χ4v) is 2.19. The maximum absolute atomic E-state index is 10.2. The molecule has 21 heavy (non-hydrogen) atoms. The van der Waals surface area contributed by atoms with Crippen LogP contribution in [0.5, 0.6) is 0 Å². The summed E-state index contributed by atoms with van der Waals surface area (Å²) in [6.07, 6.45) is 16.1. The molecule has 1 atom stereocenters. The summed E-state index contributed by atoms with van der Waals surface area (Å²) in [6, 6.07) is 5.45. The van der Waals surface area contributed by atoms with Gasteiger partial charge in [-0.15, -0.1) is 10.2 Å². The lowest BCUT2D eigenvalue weighted by Gasteiger charge is -2.15. The highest BCUT2D eigenvalue weighted by Crippen LogP contribution is 2.28. The van der Waals surface area contributed by atoms with E-state index in [1.807, 2.05) is 42.5 Å². The Hall–Kier alpha value is -2.75. The number of rotatable bonds is 2. The smallest absolute Gasteiger partial charge is 0.174 e. The van der Waals surface area contributed by atoms with E-state index >= 15 is 0 Å². The summed E-state index contributed by atoms with van der Waals surface area (Å²) in [7, 11) is 0. The van der Waals surface area contributed by atoms with Gasteiger partial charge in [0.2, 0.25) is 0 Å². The minimum absolute atomic E-state index is 0.00219. The van der Waals surface area contributed by atoms with E-state index in [9.17, 15) is 5.11 Å². The van der Waals surface area contributed by atoms with Crippen molar-refractivity contribution in [1.29, 1.82) is 0 Å². The van der Waals surface area contributed by atoms with Crippen LogP contribution in [0, 0.1) is 5.92 Å². The van der Waals surface area contributed by atoms with Crippen LogP contribution in [-0.2, 0) is 0 Å². The zero-order chi connectivity index (χ0) is 14.5. The summed E-state index contributed by atoms with van der Waals surface area (Å²) in [4.78, 5) is 4.10. The summed E-state index contributed by atoms with van der Waals surface area (Å²) < 4.78 is 0. The van der Waals surface area contributed by atoms with Gasteiger partial charge in [-0.25, -0.2) is 4.98 Å². The minimum Gasteiger partial charge on any atom is -0.506 e. The molecule has 4 nitrogen and oxygen atoms in total. The van der Waals surface area contributed by atoms with Gasteiger partial charge in [-0.05, 0) is 30.2 Å². The van der Waals surface area contributed by atoms with E-state index in [2.05, 4.69) is 21.3 Å². The normalized spacial score (nSPS) is 31.6. The van der Waals surface area contributed by atoms with E-state index in [0.29, 0.717) is 11.5 Å². The zero-order valence-electron chi connectivity index (χ0n) is 11.4. The minimum atomic E-state index is 0.00219. The van der Waals surface area contributed by atoms with Crippen LogP contribution in [0.15, 0.2) is 94.2 Å². The highest BCUT2D eigenvalue weighted by molar-refractivity contribution is 5.40. The Kier molecular flexibility index (Phi) is 3.87. The zero-order valence-corrected chi connectivity index (χ0v) is 11.4. The van der Waals surface area contributed by atoms with Gasteiger partial charge in [0, 0.05) is 12.1 Å². The highest BCUT2D eigenvalue weighted by atomic mass is 16.3. The fourth-order valence-electron chi connectivity index (χ4n) is 2.19. The number of hydrogen-bond acceptors (Lipinski definition) is 4. The largest absolute Gasteiger partial charge is 0.506 e. The molecule has 4 heteroatoms. The van der Waals surface area contributed by atoms with E-state index in [0.717, 1.165) is 12.0 Å². The Morgan fingerprint density at radius 2 is 2.05 bits per heavy atom. The molecule has 1 heterocycles. The Morgan fingerprint density at radius 3 is 2.90 bits per heavy atom. The Morgan fingerprint density at radius 1 is 1.10 bits per heavy atom. The summed E-state index contributed by atoms with van der Waals surface area (Å²) in [5, 5.41) is 18.6. The van der Waals surface area contributed by atoms with Gasteiger partial charge in [0.25, 0.3) is 0 Å². The molecule has 2 aliphatic rings. The van der Waals surface area contributed by atoms with Gasteiger partial charge in [0.15, 0.2) is 5.82 Å². The van der Waals surface area contributed by atoms with Crippen LogP contribution in [0.1, 0.15) is 6.42 Å². The molecule has 0 fully saturated rings. The van der Waals surface area contributed by atoms with Crippen molar-refractivity contribution in [3.8, 4) is 0 Å². The number of hydrogen-bond donors (Lipinski definition) is 1. The maximum Gasteiger partial charge on any atom is 0.174 e. The summed E-state index contributed by atoms with van der Waals surface area (Å²) >= 11 is 0. The first-order valence-corrected chi connectivity index (χ1v) is 6.82. The molecule has 0 saturated carbocycles. The Bertz CT molecular complexity index is 694. The third-order valence-electron chi connectivity index (χ3n) is 3.31. The predicted octanol–water partition coefficient (Wildman–Crippen LogP) is 4.56. The first kappa shape index (κ1) is 13.2. The molecule has 1 unspecified atom stereocenters. The van der Waals surface area contributed by atoms with Gasteiger partial charge in [0.05, 0.1) is 0 Å². The number of aliphatic hydroxyl groups is 1. The first-order chi connectivity index (χ1) is 10.3. The van der Waals surface area contributed by atoms with Crippen LogP contribution in [0.4, 0.5) is 5.82 Å². The molecule has 2 aliphatic carbocycles. The first-order valence-electron chi connectivity index (χ1n) is 6.82. The SMILES string of the molecule is OC1=C(\N=N\c2ccccn2)C2/C=C\C=C/C(=C/C2)/C=C\1. The van der Waals surface area contributed by atoms with Gasteiger partial charge in [-0.2, -0.15) is 0 Å². The molecule has 1 N–H and O–H groups in total. The average Bonchev–Trinajstić information content (AvgIpc) is 2.48. The number of aromatic nitrogens is 1. The molecular formula is C17H15N3O. The predicted molar refractivity (Wildman–Crippen MR) is 82.0 cm³/mol. The van der Waals surface area contributed by atoms with Crippen LogP contribution in [0.25, 0.3) is 0 Å². The van der Waals surface area contributed by atoms with Crippen LogP contribution in [0.3, 0.4) is 0 Å². The summed E-state index contributed by atoms with van der Waals surface area (Å²) in [5.74, 6) is 0.669. The quantitative estimate of drug-likeness (QED) is 0.805. The lowest BCUT2D eigenvalue weighted by molar-refractivity contribution is 0.415. The second-order valence-corrected chi connectivity index (χ2v) is 4.78. The Labute approximate surface area is 123 Å². The van der Waals surface area contributed by atoms with Gasteiger partial charge in [-0.3, -0.25) is 0 Å². The molecule has 1 aromatic rings. The lowest BCUT2D eigenvalue weighted by Crippen LogP contribution is -2.04. The summed E-state index contributed by atoms with van der Waals surface area (Å²) in [6.45, 7) is 0. The van der Waals surface area contributed by atoms with Crippen LogP contribution < -0.4 is 0 Å². The van der Waals surface area contributed by atoms with Crippen molar-refractivity contribution >= 4 is 5.82 Å². The molecule has 0 spiro atoms. The van der Waals surface area contributed by atoms with Gasteiger partial charge < -0.3 is 5.11 Å². The van der Waals surface area contributed by atoms with E-state index in [4.69, 9.17) is 0 Å². The third-order valence-corrected chi connectivity index (χ3v) is 3.31. The number of nitrogens with zero attached hydrogens (tertiary/aromatic N) is 3. The molecular weight excluding hydrogens is 262 g/mol. The van der Waals surface area contributed by atoms with Crippen molar-refractivity contribution in [3.05, 3.63) is 84.0 Å². The maximum atomic E-state index is 10.2. The number of aliphatic hydroxyl groups excluding tert-OH is 1. The van der Waals surface area contributed by atoms with Gasteiger partial charge in [0.1, 0.15) is 11.5 Å². The van der Waals surface area contributed by atoms with E-state index in [1.54, 1.807) is 18.3 Å². The second-order valence-electron chi connectivity index (χ2n) is 4.78. The molecule has 1 aromatic heterocycles. The van der Waals surface area contributed by atoms with Crippen molar-refractivity contribution in [2.45, 2.75) is 6.42 Å². The van der Waals surface area contributed by atoms with Crippen LogP contribution >= 0.6 is 0 Å². The van der Waals surface area contributed by atoms with Crippen LogP contribution in [-0.4, -0.2) is 10.1 Å². The molecule has 0 saturated heterocycles. The number of allylic oxidation sites excluding steroid dienone is 8. The van der Waals surface area contributed by atoms with Gasteiger partial charge >= 0.3 is 0 Å². The van der Waals surface area contributed by atoms with Crippen molar-refractivity contribution in [1.82, 2.24) is 4.98 Å². The standard InChI is InChI=1S/C17H15N3O/c21-15-11-9-13-5-1-2-6-14(10-8-13)17(15)20-19-16-7-3-4-12-18-16/h1-9,11-12,14,21H,10H2/b5-1-,6-2-,11-9-,13-8-,17-15-,20-19+. The number of fused-ring (bicyclic) bond motifs is 2. The Balaban J connectivity index is 1.96. The molecule has 0 amide bonds.